The maximum Gasteiger partial charge on any atom is 0.317 e. The molecule has 37 heavy (non-hydrogen) atoms. The minimum atomic E-state index is -0.952. The largest absolute Gasteiger partial charge is 0.489 e. The molecule has 0 aliphatic rings. The Morgan fingerprint density at radius 2 is 1.62 bits per heavy atom. The lowest BCUT2D eigenvalue weighted by Crippen LogP contribution is -2.20. The van der Waals surface area contributed by atoms with E-state index >= 15 is 0 Å². The highest BCUT2D eigenvalue weighted by Crippen LogP contribution is 2.25. The molecule has 7 heteroatoms. The Hall–Kier alpha value is -3.84. The Morgan fingerprint density at radius 3 is 2.41 bits per heavy atom. The van der Waals surface area contributed by atoms with Crippen LogP contribution in [0.1, 0.15) is 36.8 Å². The number of rotatable bonds is 12. The third-order valence-corrected chi connectivity index (χ3v) is 7.05. The molecule has 0 aliphatic heterocycles. The molecule has 0 saturated heterocycles. The maximum absolute atomic E-state index is 12.2. The van der Waals surface area contributed by atoms with Gasteiger partial charge >= 0.3 is 5.97 Å². The van der Waals surface area contributed by atoms with Crippen molar-refractivity contribution in [3.63, 3.8) is 0 Å². The fourth-order valence-corrected chi connectivity index (χ4v) is 4.85. The Labute approximate surface area is 221 Å². The highest BCUT2D eigenvalue weighted by Gasteiger charge is 2.21. The molecule has 1 amide bonds. The van der Waals surface area contributed by atoms with Crippen LogP contribution in [0.4, 0.5) is 10.5 Å². The van der Waals surface area contributed by atoms with Gasteiger partial charge in [-0.25, -0.2) is 0 Å². The molecule has 0 aliphatic carbocycles. The molecular weight excluding hydrogens is 484 g/mol. The minimum absolute atomic E-state index is 0.347. The number of anilines is 1. The Kier molecular flexibility index (Phi) is 9.54. The molecular formula is C30H30N2O4S. The monoisotopic (exact) mass is 514 g/mol. The van der Waals surface area contributed by atoms with Gasteiger partial charge in [0.15, 0.2) is 0 Å². The molecule has 1 heterocycles. The average molecular weight is 515 g/mol. The van der Waals surface area contributed by atoms with E-state index in [9.17, 15) is 14.7 Å². The number of benzene rings is 3. The van der Waals surface area contributed by atoms with Gasteiger partial charge in [-0.3, -0.25) is 14.6 Å². The van der Waals surface area contributed by atoms with Crippen molar-refractivity contribution in [1.82, 2.24) is 4.98 Å². The van der Waals surface area contributed by atoms with Crippen LogP contribution in [-0.2, 0) is 17.8 Å². The van der Waals surface area contributed by atoms with E-state index < -0.39 is 11.2 Å². The summed E-state index contributed by atoms with van der Waals surface area (Å²) in [5.74, 6) is -0.118. The Balaban J connectivity index is 1.20. The average Bonchev–Trinajstić information content (AvgIpc) is 2.92. The highest BCUT2D eigenvalue weighted by atomic mass is 32.2. The van der Waals surface area contributed by atoms with Crippen molar-refractivity contribution < 1.29 is 19.4 Å². The number of nitrogens with one attached hydrogen (secondary N) is 1. The summed E-state index contributed by atoms with van der Waals surface area (Å²) in [5.41, 5.74) is 2.99. The molecule has 0 saturated carbocycles. The number of nitrogens with zero attached hydrogens (tertiary/aromatic N) is 1. The van der Waals surface area contributed by atoms with Crippen molar-refractivity contribution in [1.29, 1.82) is 0 Å². The second-order valence-corrected chi connectivity index (χ2v) is 9.99. The van der Waals surface area contributed by atoms with Crippen molar-refractivity contribution in [2.24, 2.45) is 0 Å². The number of aromatic nitrogens is 1. The van der Waals surface area contributed by atoms with Crippen LogP contribution >= 0.6 is 11.8 Å². The molecule has 1 aromatic heterocycles. The number of unbranched alkanes of at least 4 members (excludes halogenated alkanes) is 2. The van der Waals surface area contributed by atoms with E-state index in [0.29, 0.717) is 18.7 Å². The van der Waals surface area contributed by atoms with Gasteiger partial charge in [0.2, 0.25) is 0 Å². The van der Waals surface area contributed by atoms with Gasteiger partial charge in [-0.15, -0.1) is 0 Å². The van der Waals surface area contributed by atoms with Crippen LogP contribution in [0.5, 0.6) is 5.75 Å². The number of para-hydroxylation sites is 1. The number of aryl methyl sites for hydroxylation is 1. The van der Waals surface area contributed by atoms with Gasteiger partial charge in [-0.2, -0.15) is 0 Å². The fraction of sp³-hybridized carbons (Fsp3) is 0.233. The molecule has 6 nitrogen and oxygen atoms in total. The van der Waals surface area contributed by atoms with Crippen molar-refractivity contribution in [2.45, 2.75) is 44.0 Å². The summed E-state index contributed by atoms with van der Waals surface area (Å²) < 4.78 is 5.92. The first-order valence-electron chi connectivity index (χ1n) is 12.4. The van der Waals surface area contributed by atoms with Crippen molar-refractivity contribution in [3.8, 4) is 5.75 Å². The first kappa shape index (κ1) is 26.2. The smallest absolute Gasteiger partial charge is 0.317 e. The van der Waals surface area contributed by atoms with Crippen LogP contribution in [0.25, 0.3) is 10.8 Å². The van der Waals surface area contributed by atoms with E-state index in [1.165, 1.54) is 10.9 Å². The Bertz CT molecular complexity index is 1320. The summed E-state index contributed by atoms with van der Waals surface area (Å²) in [7, 11) is 0. The number of carboxylic acid groups (broad SMARTS) is 1. The molecule has 3 aromatic carbocycles. The lowest BCUT2D eigenvalue weighted by Gasteiger charge is -2.12. The number of carboxylic acids is 1. The number of ether oxygens (including phenoxy) is 1. The van der Waals surface area contributed by atoms with E-state index in [0.717, 1.165) is 54.1 Å². The zero-order chi connectivity index (χ0) is 25.9. The van der Waals surface area contributed by atoms with Gasteiger partial charge < -0.3 is 15.2 Å². The molecule has 2 N–H and O–H groups in total. The number of amides is 1. The predicted octanol–water partition coefficient (Wildman–Crippen LogP) is 7.34. The molecule has 0 fully saturated rings. The van der Waals surface area contributed by atoms with Crippen molar-refractivity contribution >= 4 is 39.4 Å². The first-order chi connectivity index (χ1) is 18.1. The van der Waals surface area contributed by atoms with Crippen LogP contribution in [0.15, 0.2) is 91.3 Å². The molecule has 1 atom stereocenters. The molecule has 1 unspecified atom stereocenters. The molecule has 0 radical (unpaired) electrons. The first-order valence-corrected chi connectivity index (χ1v) is 13.2. The normalized spacial score (nSPS) is 11.7. The summed E-state index contributed by atoms with van der Waals surface area (Å²) in [6, 6.07) is 25.5. The van der Waals surface area contributed by atoms with E-state index in [-0.39, 0.29) is 5.24 Å². The zero-order valence-corrected chi connectivity index (χ0v) is 21.3. The van der Waals surface area contributed by atoms with E-state index in [4.69, 9.17) is 4.74 Å². The van der Waals surface area contributed by atoms with E-state index in [2.05, 4.69) is 40.6 Å². The van der Waals surface area contributed by atoms with Crippen molar-refractivity contribution in [3.05, 3.63) is 102 Å². The number of fused-ring (bicyclic) bond motifs is 1. The predicted molar refractivity (Wildman–Crippen MR) is 149 cm³/mol. The summed E-state index contributed by atoms with van der Waals surface area (Å²) in [6.45, 7) is 0.505. The molecule has 4 aromatic rings. The fourth-order valence-electron chi connectivity index (χ4n) is 4.03. The number of carbonyl (C=O) groups excluding carboxylic acids is 1. The molecule has 190 valence electrons. The maximum atomic E-state index is 12.2. The number of carbonyl (C=O) groups is 2. The van der Waals surface area contributed by atoms with Gasteiger partial charge in [-0.1, -0.05) is 55.3 Å². The van der Waals surface area contributed by atoms with Crippen LogP contribution in [0.2, 0.25) is 0 Å². The van der Waals surface area contributed by atoms with Gasteiger partial charge in [0.1, 0.15) is 17.6 Å². The quantitative estimate of drug-likeness (QED) is 0.192. The number of hydrogen-bond donors (Lipinski definition) is 2. The second kappa shape index (κ2) is 13.5. The minimum Gasteiger partial charge on any atom is -0.489 e. The lowest BCUT2D eigenvalue weighted by molar-refractivity contribution is -0.136. The Morgan fingerprint density at radius 1 is 0.865 bits per heavy atom. The van der Waals surface area contributed by atoms with Crippen LogP contribution in [0.3, 0.4) is 0 Å². The van der Waals surface area contributed by atoms with Gasteiger partial charge in [-0.05, 0) is 89.3 Å². The topological polar surface area (TPSA) is 88.5 Å². The van der Waals surface area contributed by atoms with Gasteiger partial charge in [0.05, 0.1) is 0 Å². The van der Waals surface area contributed by atoms with Crippen LogP contribution in [-0.4, -0.2) is 26.5 Å². The molecule has 4 rings (SSSR count). The SMILES string of the molecule is O=C(Nc1ccccc1)SC(CCCCCc1ccc2cc(OCc3ccncc3)ccc2c1)C(=O)O. The number of aliphatic carboxylic acids is 1. The van der Waals surface area contributed by atoms with Gasteiger partial charge in [0, 0.05) is 18.1 Å². The zero-order valence-electron chi connectivity index (χ0n) is 20.5. The van der Waals surface area contributed by atoms with Crippen LogP contribution in [0, 0.1) is 0 Å². The van der Waals surface area contributed by atoms with Crippen LogP contribution < -0.4 is 10.1 Å². The summed E-state index contributed by atoms with van der Waals surface area (Å²) in [6.07, 6.45) is 7.54. The lowest BCUT2D eigenvalue weighted by atomic mass is 10.0. The standard InChI is InChI=1S/C30H30N2O4S/c33-29(34)28(37-30(35)32-26-8-4-2-5-9-26)10-6-1-3-7-22-11-12-25-20-27(14-13-24(25)19-22)36-21-23-15-17-31-18-16-23/h2,4-5,8-9,11-20,28H,1,3,6-7,10,21H2,(H,32,35)(H,33,34). The van der Waals surface area contributed by atoms with E-state index in [1.807, 2.05) is 36.4 Å². The third kappa shape index (κ3) is 8.36. The number of thioether (sulfide) groups is 1. The molecule has 0 bridgehead atoms. The van der Waals surface area contributed by atoms with Crippen molar-refractivity contribution in [2.75, 3.05) is 5.32 Å². The summed E-state index contributed by atoms with van der Waals surface area (Å²) in [4.78, 5) is 27.9. The summed E-state index contributed by atoms with van der Waals surface area (Å²) >= 11 is 0.844. The van der Waals surface area contributed by atoms with Gasteiger partial charge in [0.25, 0.3) is 5.24 Å². The second-order valence-electron chi connectivity index (χ2n) is 8.81. The summed E-state index contributed by atoms with van der Waals surface area (Å²) in [5, 5.41) is 13.5. The molecule has 0 spiro atoms. The van der Waals surface area contributed by atoms with E-state index in [1.54, 1.807) is 24.5 Å². The third-order valence-electron chi connectivity index (χ3n) is 6.01. The highest BCUT2D eigenvalue weighted by molar-refractivity contribution is 8.14. The number of pyridine rings is 1. The number of hydrogen-bond acceptors (Lipinski definition) is 5.